The van der Waals surface area contributed by atoms with Gasteiger partial charge in [0, 0.05) is 6.42 Å². The molecule has 0 unspecified atom stereocenters. The zero-order valence-electron chi connectivity index (χ0n) is 10.3. The first-order valence-corrected chi connectivity index (χ1v) is 7.12. The van der Waals surface area contributed by atoms with Gasteiger partial charge in [0.25, 0.3) is 0 Å². The van der Waals surface area contributed by atoms with E-state index < -0.39 is 0 Å². The molecule has 0 aliphatic carbocycles. The fourth-order valence-corrected chi connectivity index (χ4v) is 2.29. The molecule has 0 bridgehead atoms. The molecule has 0 saturated carbocycles. The molecule has 17 heavy (non-hydrogen) atoms. The van der Waals surface area contributed by atoms with Crippen molar-refractivity contribution in [1.29, 1.82) is 5.26 Å². The fraction of sp³-hybridized carbons (Fsp3) is 0.500. The van der Waals surface area contributed by atoms with Crippen LogP contribution in [0.2, 0.25) is 0 Å². The largest absolute Gasteiger partial charge is 0.494 e. The smallest absolute Gasteiger partial charge is 0.119 e. The van der Waals surface area contributed by atoms with Gasteiger partial charge in [-0.15, -0.1) is 0 Å². The quantitative estimate of drug-likeness (QED) is 0.657. The Bertz CT molecular complexity index is 359. The van der Waals surface area contributed by atoms with E-state index in [1.165, 1.54) is 5.56 Å². The van der Waals surface area contributed by atoms with Crippen molar-refractivity contribution in [2.75, 3.05) is 18.1 Å². The van der Waals surface area contributed by atoms with Gasteiger partial charge in [0.05, 0.1) is 12.7 Å². The SMILES string of the molecule is Cc1cccc(OCCCSCCCC#N)c1. The second-order valence-electron chi connectivity index (χ2n) is 3.89. The first-order valence-electron chi connectivity index (χ1n) is 5.97. The topological polar surface area (TPSA) is 33.0 Å². The van der Waals surface area contributed by atoms with Crippen molar-refractivity contribution in [2.45, 2.75) is 26.2 Å². The number of benzene rings is 1. The van der Waals surface area contributed by atoms with Crippen LogP contribution in [0, 0.1) is 18.3 Å². The Hall–Kier alpha value is -1.14. The van der Waals surface area contributed by atoms with E-state index >= 15 is 0 Å². The van der Waals surface area contributed by atoms with Crippen molar-refractivity contribution in [2.24, 2.45) is 0 Å². The summed E-state index contributed by atoms with van der Waals surface area (Å²) in [6.07, 6.45) is 2.73. The zero-order valence-corrected chi connectivity index (χ0v) is 11.1. The van der Waals surface area contributed by atoms with Gasteiger partial charge < -0.3 is 4.74 Å². The molecule has 1 aromatic carbocycles. The molecule has 0 spiro atoms. The van der Waals surface area contributed by atoms with E-state index in [2.05, 4.69) is 25.1 Å². The highest BCUT2D eigenvalue weighted by molar-refractivity contribution is 7.99. The zero-order chi connectivity index (χ0) is 12.3. The molecule has 0 amide bonds. The molecule has 0 N–H and O–H groups in total. The molecule has 0 heterocycles. The van der Waals surface area contributed by atoms with Crippen LogP contribution in [0.3, 0.4) is 0 Å². The van der Waals surface area contributed by atoms with Gasteiger partial charge in [-0.2, -0.15) is 17.0 Å². The molecule has 92 valence electrons. The maximum Gasteiger partial charge on any atom is 0.119 e. The van der Waals surface area contributed by atoms with E-state index in [4.69, 9.17) is 10.00 Å². The van der Waals surface area contributed by atoms with Crippen LogP contribution in [0.1, 0.15) is 24.8 Å². The Labute approximate surface area is 108 Å². The number of unbranched alkanes of at least 4 members (excludes halogenated alkanes) is 1. The van der Waals surface area contributed by atoms with Crippen molar-refractivity contribution in [3.8, 4) is 11.8 Å². The number of thioether (sulfide) groups is 1. The van der Waals surface area contributed by atoms with E-state index in [1.807, 2.05) is 23.9 Å². The lowest BCUT2D eigenvalue weighted by atomic mass is 10.2. The summed E-state index contributed by atoms with van der Waals surface area (Å²) in [7, 11) is 0. The summed E-state index contributed by atoms with van der Waals surface area (Å²) in [5.74, 6) is 3.15. The highest BCUT2D eigenvalue weighted by Gasteiger charge is 1.94. The Morgan fingerprint density at radius 3 is 2.88 bits per heavy atom. The van der Waals surface area contributed by atoms with Crippen LogP contribution in [0.15, 0.2) is 24.3 Å². The summed E-state index contributed by atoms with van der Waals surface area (Å²) in [6, 6.07) is 10.3. The Morgan fingerprint density at radius 1 is 1.29 bits per heavy atom. The molecular formula is C14H19NOS. The van der Waals surface area contributed by atoms with Crippen molar-refractivity contribution in [3.63, 3.8) is 0 Å². The first-order chi connectivity index (χ1) is 8.33. The Balaban J connectivity index is 1.99. The molecule has 0 radical (unpaired) electrons. The molecular weight excluding hydrogens is 230 g/mol. The maximum atomic E-state index is 8.38. The van der Waals surface area contributed by atoms with Gasteiger partial charge in [-0.05, 0) is 49.0 Å². The fourth-order valence-electron chi connectivity index (χ4n) is 1.41. The molecule has 0 atom stereocenters. The molecule has 2 nitrogen and oxygen atoms in total. The van der Waals surface area contributed by atoms with E-state index in [9.17, 15) is 0 Å². The molecule has 3 heteroatoms. The molecule has 0 saturated heterocycles. The van der Waals surface area contributed by atoms with Crippen molar-refractivity contribution < 1.29 is 4.74 Å². The minimum Gasteiger partial charge on any atom is -0.494 e. The summed E-state index contributed by atoms with van der Waals surface area (Å²) in [5.41, 5.74) is 1.23. The second kappa shape index (κ2) is 8.95. The van der Waals surface area contributed by atoms with Gasteiger partial charge in [-0.1, -0.05) is 12.1 Å². The van der Waals surface area contributed by atoms with Gasteiger partial charge in [0.1, 0.15) is 5.75 Å². The number of hydrogen-bond acceptors (Lipinski definition) is 3. The van der Waals surface area contributed by atoms with E-state index in [-0.39, 0.29) is 0 Å². The second-order valence-corrected chi connectivity index (χ2v) is 5.12. The molecule has 0 aliphatic rings. The lowest BCUT2D eigenvalue weighted by Gasteiger charge is -2.06. The summed E-state index contributed by atoms with van der Waals surface area (Å²) in [4.78, 5) is 0. The lowest BCUT2D eigenvalue weighted by molar-refractivity contribution is 0.318. The third-order valence-corrected chi connectivity index (χ3v) is 3.42. The van der Waals surface area contributed by atoms with Crippen LogP contribution in [0.5, 0.6) is 5.75 Å². The van der Waals surface area contributed by atoms with E-state index in [0.717, 1.165) is 36.7 Å². The number of rotatable bonds is 8. The van der Waals surface area contributed by atoms with Gasteiger partial charge in [0.2, 0.25) is 0 Å². The number of ether oxygens (including phenoxy) is 1. The normalized spacial score (nSPS) is 9.88. The average molecular weight is 249 g/mol. The molecule has 0 aliphatic heterocycles. The van der Waals surface area contributed by atoms with Gasteiger partial charge in [0.15, 0.2) is 0 Å². The summed E-state index contributed by atoms with van der Waals surface area (Å²) < 4.78 is 5.65. The van der Waals surface area contributed by atoms with E-state index in [0.29, 0.717) is 6.42 Å². The number of nitriles is 1. The van der Waals surface area contributed by atoms with Crippen LogP contribution in [-0.4, -0.2) is 18.1 Å². The van der Waals surface area contributed by atoms with Crippen LogP contribution >= 0.6 is 11.8 Å². The maximum absolute atomic E-state index is 8.38. The average Bonchev–Trinajstić information content (AvgIpc) is 2.33. The first kappa shape index (κ1) is 13.9. The predicted molar refractivity (Wildman–Crippen MR) is 73.5 cm³/mol. The van der Waals surface area contributed by atoms with Gasteiger partial charge in [-0.25, -0.2) is 0 Å². The Kier molecular flexibility index (Phi) is 7.33. The summed E-state index contributed by atoms with van der Waals surface area (Å²) in [6.45, 7) is 2.84. The standard InChI is InChI=1S/C14H19NOS/c1-13-6-4-7-14(12-13)16-9-5-11-17-10-3-2-8-15/h4,6-7,12H,2-3,5,9-11H2,1H3. The van der Waals surface area contributed by atoms with Crippen molar-refractivity contribution in [3.05, 3.63) is 29.8 Å². The highest BCUT2D eigenvalue weighted by Crippen LogP contribution is 2.13. The van der Waals surface area contributed by atoms with Gasteiger partial charge >= 0.3 is 0 Å². The third-order valence-electron chi connectivity index (χ3n) is 2.27. The monoisotopic (exact) mass is 249 g/mol. The predicted octanol–water partition coefficient (Wildman–Crippen LogP) is 3.80. The number of hydrogen-bond donors (Lipinski definition) is 0. The lowest BCUT2D eigenvalue weighted by Crippen LogP contribution is -1.99. The molecule has 0 fully saturated rings. The van der Waals surface area contributed by atoms with Crippen LogP contribution in [-0.2, 0) is 0 Å². The van der Waals surface area contributed by atoms with Gasteiger partial charge in [-0.3, -0.25) is 0 Å². The Morgan fingerprint density at radius 2 is 2.12 bits per heavy atom. The van der Waals surface area contributed by atoms with Crippen molar-refractivity contribution in [1.82, 2.24) is 0 Å². The van der Waals surface area contributed by atoms with Crippen LogP contribution in [0.4, 0.5) is 0 Å². The van der Waals surface area contributed by atoms with Crippen molar-refractivity contribution >= 4 is 11.8 Å². The minimum atomic E-state index is 0.673. The van der Waals surface area contributed by atoms with Crippen LogP contribution in [0.25, 0.3) is 0 Å². The highest BCUT2D eigenvalue weighted by atomic mass is 32.2. The summed E-state index contributed by atoms with van der Waals surface area (Å²) in [5, 5.41) is 8.38. The molecule has 1 rings (SSSR count). The van der Waals surface area contributed by atoms with Crippen LogP contribution < -0.4 is 4.74 Å². The summed E-state index contributed by atoms with van der Waals surface area (Å²) >= 11 is 1.90. The molecule has 0 aromatic heterocycles. The third kappa shape index (κ3) is 6.91. The molecule has 1 aromatic rings. The number of aryl methyl sites for hydroxylation is 1. The number of nitrogens with zero attached hydrogens (tertiary/aromatic N) is 1. The minimum absolute atomic E-state index is 0.673. The van der Waals surface area contributed by atoms with E-state index in [1.54, 1.807) is 0 Å².